The van der Waals surface area contributed by atoms with Gasteiger partial charge in [-0.15, -0.1) is 0 Å². The molecule has 1 heterocycles. The summed E-state index contributed by atoms with van der Waals surface area (Å²) in [7, 11) is 0. The number of aliphatic hydroxyl groups is 1. The van der Waals surface area contributed by atoms with E-state index in [2.05, 4.69) is 13.2 Å². The number of aromatic nitrogens is 1. The first-order valence-electron chi connectivity index (χ1n) is 7.68. The highest BCUT2D eigenvalue weighted by atomic mass is 16.5. The topological polar surface area (TPSA) is 51.5 Å². The lowest BCUT2D eigenvalue weighted by atomic mass is 10.2. The molecule has 1 N–H and O–H groups in total. The molecule has 0 aliphatic rings. The quantitative estimate of drug-likeness (QED) is 0.657. The molecule has 0 spiro atoms. The van der Waals surface area contributed by atoms with Crippen LogP contribution in [0.4, 0.5) is 0 Å². The van der Waals surface area contributed by atoms with Crippen LogP contribution in [0.5, 0.6) is 0 Å². The molecule has 0 saturated carbocycles. The zero-order valence-corrected chi connectivity index (χ0v) is 14.0. The van der Waals surface area contributed by atoms with E-state index in [0.717, 1.165) is 22.9 Å². The number of hydrogen-bond acceptors (Lipinski definition) is 3. The average molecular weight is 323 g/mol. The van der Waals surface area contributed by atoms with Gasteiger partial charge in [0, 0.05) is 23.0 Å². The van der Waals surface area contributed by atoms with Gasteiger partial charge in [0.2, 0.25) is 0 Å². The molecule has 0 radical (unpaired) electrons. The summed E-state index contributed by atoms with van der Waals surface area (Å²) in [5.41, 5.74) is 2.16. The predicted octanol–water partition coefficient (Wildman–Crippen LogP) is 2.95. The first-order valence-corrected chi connectivity index (χ1v) is 7.68. The van der Waals surface area contributed by atoms with E-state index in [1.807, 2.05) is 48.8 Å². The summed E-state index contributed by atoms with van der Waals surface area (Å²) in [6.07, 6.45) is 5.59. The first kappa shape index (κ1) is 17.3. The van der Waals surface area contributed by atoms with Gasteiger partial charge in [-0.25, -0.2) is 0 Å². The van der Waals surface area contributed by atoms with Crippen molar-refractivity contribution >= 4 is 23.9 Å². The lowest BCUT2D eigenvalue weighted by molar-refractivity contribution is 0.112. The van der Waals surface area contributed by atoms with Gasteiger partial charge in [-0.05, 0) is 44.2 Å². The summed E-state index contributed by atoms with van der Waals surface area (Å²) in [6, 6.07) is 7.64. The molecule has 1 aromatic heterocycles. The second-order valence-electron chi connectivity index (χ2n) is 5.11. The standard InChI is InChI=1S/C20H21NO3/c1-5-18-20(19(23)6-2)16(13-22)12-21(18)17-10-8-15(9-11-17)14(4)24-7-3/h5-6,8-13,23H,2,4,7H2,1,3H3/b18-5+,20-19+. The fraction of sp³-hybridized carbons (Fsp3) is 0.150. The van der Waals surface area contributed by atoms with E-state index in [9.17, 15) is 9.90 Å². The number of nitrogens with zero attached hydrogens (tertiary/aromatic N) is 1. The number of benzene rings is 1. The number of carbonyl (C=O) groups excluding carboxylic acids is 1. The first-order chi connectivity index (χ1) is 11.6. The van der Waals surface area contributed by atoms with Crippen molar-refractivity contribution < 1.29 is 14.6 Å². The van der Waals surface area contributed by atoms with Crippen molar-refractivity contribution in [3.05, 3.63) is 71.4 Å². The van der Waals surface area contributed by atoms with Crippen molar-refractivity contribution in [2.45, 2.75) is 13.8 Å². The molecule has 24 heavy (non-hydrogen) atoms. The third-order valence-electron chi connectivity index (χ3n) is 3.71. The summed E-state index contributed by atoms with van der Waals surface area (Å²) in [4.78, 5) is 11.4. The van der Waals surface area contributed by atoms with Gasteiger partial charge in [0.1, 0.15) is 11.5 Å². The van der Waals surface area contributed by atoms with Crippen LogP contribution in [-0.4, -0.2) is 22.6 Å². The van der Waals surface area contributed by atoms with Gasteiger partial charge in [0.15, 0.2) is 6.29 Å². The summed E-state index contributed by atoms with van der Waals surface area (Å²) in [6.45, 7) is 11.8. The molecular weight excluding hydrogens is 302 g/mol. The molecule has 2 rings (SSSR count). The third kappa shape index (κ3) is 3.18. The van der Waals surface area contributed by atoms with Crippen molar-refractivity contribution in [1.82, 2.24) is 4.57 Å². The fourth-order valence-corrected chi connectivity index (χ4v) is 2.57. The van der Waals surface area contributed by atoms with E-state index >= 15 is 0 Å². The molecule has 0 fully saturated rings. The van der Waals surface area contributed by atoms with Crippen LogP contribution in [0.3, 0.4) is 0 Å². The van der Waals surface area contributed by atoms with Gasteiger partial charge in [-0.3, -0.25) is 4.79 Å². The second-order valence-corrected chi connectivity index (χ2v) is 5.11. The minimum Gasteiger partial charge on any atom is -0.507 e. The lowest BCUT2D eigenvalue weighted by Crippen LogP contribution is -2.31. The van der Waals surface area contributed by atoms with E-state index in [1.165, 1.54) is 6.08 Å². The minimum absolute atomic E-state index is 0.0229. The van der Waals surface area contributed by atoms with Crippen LogP contribution in [0.2, 0.25) is 0 Å². The Morgan fingerprint density at radius 1 is 1.33 bits per heavy atom. The van der Waals surface area contributed by atoms with Gasteiger partial charge in [0.05, 0.1) is 17.2 Å². The Bertz CT molecular complexity index is 886. The lowest BCUT2D eigenvalue weighted by Gasteiger charge is -2.09. The third-order valence-corrected chi connectivity index (χ3v) is 3.71. The van der Waals surface area contributed by atoms with Gasteiger partial charge < -0.3 is 14.4 Å². The summed E-state index contributed by atoms with van der Waals surface area (Å²) >= 11 is 0. The van der Waals surface area contributed by atoms with Crippen LogP contribution in [0, 0.1) is 0 Å². The number of rotatable bonds is 6. The summed E-state index contributed by atoms with van der Waals surface area (Å²) < 4.78 is 7.26. The van der Waals surface area contributed by atoms with Gasteiger partial charge in [-0.2, -0.15) is 0 Å². The minimum atomic E-state index is -0.0229. The smallest absolute Gasteiger partial charge is 0.152 e. The van der Waals surface area contributed by atoms with Crippen molar-refractivity contribution in [2.24, 2.45) is 0 Å². The monoisotopic (exact) mass is 323 g/mol. The average Bonchev–Trinajstić information content (AvgIpc) is 3.00. The van der Waals surface area contributed by atoms with Crippen molar-refractivity contribution in [3.63, 3.8) is 0 Å². The van der Waals surface area contributed by atoms with Crippen molar-refractivity contribution in [1.29, 1.82) is 0 Å². The molecule has 2 aromatic rings. The number of ether oxygens (including phenoxy) is 1. The molecule has 0 amide bonds. The maximum absolute atomic E-state index is 11.4. The van der Waals surface area contributed by atoms with E-state index < -0.39 is 0 Å². The van der Waals surface area contributed by atoms with Crippen molar-refractivity contribution in [3.8, 4) is 5.69 Å². The molecule has 0 atom stereocenters. The van der Waals surface area contributed by atoms with E-state index in [1.54, 1.807) is 6.20 Å². The highest BCUT2D eigenvalue weighted by molar-refractivity contribution is 5.77. The molecule has 0 unspecified atom stereocenters. The SMILES string of the molecule is C=C/C(O)=c1/c(C=O)cn(-c2ccc(C(=C)OCC)cc2)/c1=C/C. The highest BCUT2D eigenvalue weighted by Crippen LogP contribution is 2.16. The van der Waals surface area contributed by atoms with Gasteiger partial charge >= 0.3 is 0 Å². The van der Waals surface area contributed by atoms with Crippen molar-refractivity contribution in [2.75, 3.05) is 6.61 Å². The maximum Gasteiger partial charge on any atom is 0.152 e. The Balaban J connectivity index is 2.62. The zero-order chi connectivity index (χ0) is 17.7. The van der Waals surface area contributed by atoms with E-state index in [4.69, 9.17) is 4.74 Å². The van der Waals surface area contributed by atoms with E-state index in [-0.39, 0.29) is 5.76 Å². The molecule has 1 aromatic carbocycles. The second kappa shape index (κ2) is 7.51. The maximum atomic E-state index is 11.4. The van der Waals surface area contributed by atoms with Crippen LogP contribution < -0.4 is 10.6 Å². The Morgan fingerprint density at radius 2 is 2.00 bits per heavy atom. The van der Waals surface area contributed by atoms with Crippen LogP contribution >= 0.6 is 0 Å². The van der Waals surface area contributed by atoms with E-state index in [0.29, 0.717) is 23.1 Å². The van der Waals surface area contributed by atoms with Crippen LogP contribution in [0.15, 0.2) is 49.7 Å². The van der Waals surface area contributed by atoms with Crippen LogP contribution in [0.1, 0.15) is 29.8 Å². The largest absolute Gasteiger partial charge is 0.507 e. The Kier molecular flexibility index (Phi) is 5.42. The van der Waals surface area contributed by atoms with Crippen LogP contribution in [0.25, 0.3) is 23.3 Å². The zero-order valence-electron chi connectivity index (χ0n) is 14.0. The number of aldehydes is 1. The molecule has 124 valence electrons. The molecular formula is C20H21NO3. The number of hydrogen-bond donors (Lipinski definition) is 1. The molecule has 4 heteroatoms. The molecule has 0 saturated heterocycles. The number of carbonyl (C=O) groups is 1. The Morgan fingerprint density at radius 3 is 2.50 bits per heavy atom. The van der Waals surface area contributed by atoms with Gasteiger partial charge in [0.25, 0.3) is 0 Å². The fourth-order valence-electron chi connectivity index (χ4n) is 2.57. The summed E-state index contributed by atoms with van der Waals surface area (Å²) in [5, 5.41) is 11.3. The molecule has 0 aliphatic carbocycles. The molecule has 4 nitrogen and oxygen atoms in total. The van der Waals surface area contributed by atoms with Crippen LogP contribution in [-0.2, 0) is 4.74 Å². The highest BCUT2D eigenvalue weighted by Gasteiger charge is 2.09. The summed E-state index contributed by atoms with van der Waals surface area (Å²) in [5.74, 6) is 0.594. The normalized spacial score (nSPS) is 12.7. The molecule has 0 bridgehead atoms. The molecule has 0 aliphatic heterocycles. The predicted molar refractivity (Wildman–Crippen MR) is 97.4 cm³/mol. The number of aliphatic hydroxyl groups excluding tert-OH is 1. The van der Waals surface area contributed by atoms with Gasteiger partial charge in [-0.1, -0.05) is 19.2 Å². The Labute approximate surface area is 141 Å². The Hall–Kier alpha value is -3.01.